The minimum Gasteiger partial charge on any atom is -0.494 e. The molecule has 0 bridgehead atoms. The first kappa shape index (κ1) is 21.1. The van der Waals surface area contributed by atoms with Crippen LogP contribution in [0.25, 0.3) is 0 Å². The lowest BCUT2D eigenvalue weighted by Crippen LogP contribution is -2.42. The highest BCUT2D eigenvalue weighted by Crippen LogP contribution is 2.19. The van der Waals surface area contributed by atoms with Gasteiger partial charge in [-0.05, 0) is 30.7 Å². The smallest absolute Gasteiger partial charge is 0.326 e. The van der Waals surface area contributed by atoms with Crippen LogP contribution < -0.4 is 4.74 Å². The minimum absolute atomic E-state index is 0.0249. The highest BCUT2D eigenvalue weighted by molar-refractivity contribution is 5.98. The summed E-state index contributed by atoms with van der Waals surface area (Å²) in [7, 11) is 1.32. The van der Waals surface area contributed by atoms with Crippen LogP contribution >= 0.6 is 0 Å². The lowest BCUT2D eigenvalue weighted by molar-refractivity contribution is -0.150. The molecule has 2 aromatic rings. The van der Waals surface area contributed by atoms with Crippen LogP contribution in [0.15, 0.2) is 48.5 Å². The van der Waals surface area contributed by atoms with E-state index in [1.54, 1.807) is 24.3 Å². The van der Waals surface area contributed by atoms with Crippen molar-refractivity contribution in [1.29, 1.82) is 0 Å². The Hall–Kier alpha value is -3.22. The number of ketones is 1. The fourth-order valence-corrected chi connectivity index (χ4v) is 2.70. The number of hydrogen-bond donors (Lipinski definition) is 1. The second-order valence-electron chi connectivity index (χ2n) is 6.29. The van der Waals surface area contributed by atoms with Crippen LogP contribution in [0.2, 0.25) is 0 Å². The highest BCUT2D eigenvalue weighted by atomic mass is 19.1. The summed E-state index contributed by atoms with van der Waals surface area (Å²) >= 11 is 0. The van der Waals surface area contributed by atoms with Gasteiger partial charge in [0.15, 0.2) is 17.3 Å². The van der Waals surface area contributed by atoms with E-state index in [1.807, 2.05) is 6.07 Å². The van der Waals surface area contributed by atoms with Gasteiger partial charge >= 0.3 is 5.97 Å². The van der Waals surface area contributed by atoms with Gasteiger partial charge < -0.3 is 14.7 Å². The standard InChI is InChI=1S/C21H22FNO5/c1-14(21(26)27)23(13-15-6-4-3-5-7-15)20(25)11-9-18(24)16-8-10-19(28-2)17(22)12-16/h3-8,10,12,14H,9,11,13H2,1-2H3,(H,26,27). The lowest BCUT2D eigenvalue weighted by Gasteiger charge is -2.26. The van der Waals surface area contributed by atoms with E-state index in [2.05, 4.69) is 0 Å². The third-order valence-electron chi connectivity index (χ3n) is 4.38. The summed E-state index contributed by atoms with van der Waals surface area (Å²) in [6.07, 6.45) is -0.320. The Bertz CT molecular complexity index is 853. The van der Waals surface area contributed by atoms with Gasteiger partial charge in [0.05, 0.1) is 7.11 Å². The molecule has 0 aliphatic heterocycles. The van der Waals surface area contributed by atoms with Gasteiger partial charge in [0.25, 0.3) is 0 Å². The highest BCUT2D eigenvalue weighted by Gasteiger charge is 2.26. The number of carbonyl (C=O) groups excluding carboxylic acids is 2. The number of Topliss-reactive ketones (excluding diaryl/α,β-unsaturated/α-hetero) is 1. The molecule has 6 nitrogen and oxygen atoms in total. The van der Waals surface area contributed by atoms with Crippen molar-refractivity contribution >= 4 is 17.7 Å². The number of amides is 1. The lowest BCUT2D eigenvalue weighted by atomic mass is 10.0. The predicted molar refractivity (Wildman–Crippen MR) is 101 cm³/mol. The zero-order chi connectivity index (χ0) is 20.7. The summed E-state index contributed by atoms with van der Waals surface area (Å²) in [4.78, 5) is 37.5. The molecule has 28 heavy (non-hydrogen) atoms. The summed E-state index contributed by atoms with van der Waals surface area (Å²) in [5.41, 5.74) is 0.916. The molecule has 0 aliphatic rings. The molecule has 1 N–H and O–H groups in total. The molecule has 1 amide bonds. The van der Waals surface area contributed by atoms with E-state index in [-0.39, 0.29) is 30.7 Å². The maximum absolute atomic E-state index is 13.8. The first-order chi connectivity index (χ1) is 13.3. The number of ether oxygens (including phenoxy) is 1. The largest absolute Gasteiger partial charge is 0.494 e. The van der Waals surface area contributed by atoms with Crippen molar-refractivity contribution in [3.63, 3.8) is 0 Å². The molecule has 0 saturated carbocycles. The molecule has 0 fully saturated rings. The number of hydrogen-bond acceptors (Lipinski definition) is 4. The molecule has 0 spiro atoms. The Kier molecular flexibility index (Phi) is 7.26. The van der Waals surface area contributed by atoms with Crippen molar-refractivity contribution in [2.24, 2.45) is 0 Å². The summed E-state index contributed by atoms with van der Waals surface area (Å²) < 4.78 is 18.6. The van der Waals surface area contributed by atoms with Gasteiger partial charge in [-0.25, -0.2) is 9.18 Å². The quantitative estimate of drug-likeness (QED) is 0.668. The summed E-state index contributed by atoms with van der Waals surface area (Å²) in [5, 5.41) is 9.30. The Morgan fingerprint density at radius 2 is 1.79 bits per heavy atom. The number of rotatable bonds is 9. The van der Waals surface area contributed by atoms with Crippen molar-refractivity contribution in [1.82, 2.24) is 4.90 Å². The molecule has 0 radical (unpaired) electrons. The Morgan fingerprint density at radius 1 is 1.11 bits per heavy atom. The number of carboxylic acid groups (broad SMARTS) is 1. The van der Waals surface area contributed by atoms with Crippen LogP contribution in [0, 0.1) is 5.82 Å². The van der Waals surface area contributed by atoms with E-state index in [0.29, 0.717) is 0 Å². The van der Waals surface area contributed by atoms with E-state index in [1.165, 1.54) is 31.1 Å². The number of methoxy groups -OCH3 is 1. The molecule has 148 valence electrons. The average Bonchev–Trinajstić information content (AvgIpc) is 2.70. The van der Waals surface area contributed by atoms with E-state index in [0.717, 1.165) is 11.6 Å². The molecular formula is C21H22FNO5. The molecule has 1 atom stereocenters. The fraction of sp³-hybridized carbons (Fsp3) is 0.286. The van der Waals surface area contributed by atoms with Crippen LogP contribution in [-0.2, 0) is 16.1 Å². The third-order valence-corrected chi connectivity index (χ3v) is 4.38. The van der Waals surface area contributed by atoms with Crippen molar-refractivity contribution in [3.05, 3.63) is 65.5 Å². The van der Waals surface area contributed by atoms with Crippen LogP contribution in [0.4, 0.5) is 4.39 Å². The number of nitrogens with zero attached hydrogens (tertiary/aromatic N) is 1. The summed E-state index contributed by atoms with van der Waals surface area (Å²) in [6, 6.07) is 11.8. The van der Waals surface area contributed by atoms with Gasteiger partial charge in [0.2, 0.25) is 5.91 Å². The Balaban J connectivity index is 2.07. The molecule has 0 aliphatic carbocycles. The van der Waals surface area contributed by atoms with Gasteiger partial charge in [-0.1, -0.05) is 30.3 Å². The minimum atomic E-state index is -1.13. The van der Waals surface area contributed by atoms with E-state index >= 15 is 0 Å². The molecule has 2 rings (SSSR count). The van der Waals surface area contributed by atoms with E-state index in [4.69, 9.17) is 4.74 Å². The molecule has 0 heterocycles. The predicted octanol–water partition coefficient (Wildman–Crippen LogP) is 3.30. The number of halogens is 1. The van der Waals surface area contributed by atoms with Gasteiger partial charge in [-0.2, -0.15) is 0 Å². The molecule has 0 aromatic heterocycles. The van der Waals surface area contributed by atoms with Gasteiger partial charge in [0.1, 0.15) is 6.04 Å². The maximum Gasteiger partial charge on any atom is 0.326 e. The second-order valence-corrected chi connectivity index (χ2v) is 6.29. The number of carbonyl (C=O) groups is 3. The monoisotopic (exact) mass is 387 g/mol. The van der Waals surface area contributed by atoms with Crippen molar-refractivity contribution in [3.8, 4) is 5.75 Å². The molecule has 0 saturated heterocycles. The van der Waals surface area contributed by atoms with Crippen LogP contribution in [0.1, 0.15) is 35.7 Å². The van der Waals surface area contributed by atoms with Crippen molar-refractivity contribution in [2.75, 3.05) is 7.11 Å². The van der Waals surface area contributed by atoms with Gasteiger partial charge in [-0.15, -0.1) is 0 Å². The molecule has 1 unspecified atom stereocenters. The second kappa shape index (κ2) is 9.64. The average molecular weight is 387 g/mol. The number of carboxylic acids is 1. The first-order valence-electron chi connectivity index (χ1n) is 8.76. The topological polar surface area (TPSA) is 83.9 Å². The molecule has 2 aromatic carbocycles. The normalized spacial score (nSPS) is 11.5. The first-order valence-corrected chi connectivity index (χ1v) is 8.76. The Morgan fingerprint density at radius 3 is 2.36 bits per heavy atom. The van der Waals surface area contributed by atoms with Crippen molar-refractivity contribution < 1.29 is 28.6 Å². The van der Waals surface area contributed by atoms with Gasteiger partial charge in [-0.3, -0.25) is 9.59 Å². The third kappa shape index (κ3) is 5.39. The molecular weight excluding hydrogens is 365 g/mol. The van der Waals surface area contributed by atoms with Gasteiger partial charge in [0, 0.05) is 24.9 Å². The van der Waals surface area contributed by atoms with Crippen molar-refractivity contribution in [2.45, 2.75) is 32.4 Å². The Labute approximate surface area is 162 Å². The number of benzene rings is 2. The zero-order valence-electron chi connectivity index (χ0n) is 15.7. The zero-order valence-corrected chi connectivity index (χ0v) is 15.7. The van der Waals surface area contributed by atoms with E-state index < -0.39 is 29.5 Å². The SMILES string of the molecule is COc1ccc(C(=O)CCC(=O)N(Cc2ccccc2)C(C)C(=O)O)cc1F. The molecule has 7 heteroatoms. The van der Waals surface area contributed by atoms with Crippen LogP contribution in [0.3, 0.4) is 0 Å². The van der Waals surface area contributed by atoms with E-state index in [9.17, 15) is 23.9 Å². The summed E-state index contributed by atoms with van der Waals surface area (Å²) in [6.45, 7) is 1.54. The van der Waals surface area contributed by atoms with Crippen LogP contribution in [-0.4, -0.2) is 40.8 Å². The van der Waals surface area contributed by atoms with Crippen LogP contribution in [0.5, 0.6) is 5.75 Å². The summed E-state index contributed by atoms with van der Waals surface area (Å²) in [5.74, 6) is -2.63. The fourth-order valence-electron chi connectivity index (χ4n) is 2.70. The number of aliphatic carboxylic acids is 1. The maximum atomic E-state index is 13.8.